The van der Waals surface area contributed by atoms with Crippen LogP contribution < -0.4 is 5.32 Å². The molecule has 15 heavy (non-hydrogen) atoms. The highest BCUT2D eigenvalue weighted by molar-refractivity contribution is 5.22. The van der Waals surface area contributed by atoms with Gasteiger partial charge in [-0.15, -0.1) is 0 Å². The standard InChI is InChI=1S/C10H14FN3O/c11-9-5-13-10(14-6-9)12-4-8-2-1-3-15-7-8/h5-6,8H,1-4,7H2,(H,12,13,14). The van der Waals surface area contributed by atoms with Crippen molar-refractivity contribution in [2.45, 2.75) is 12.8 Å². The van der Waals surface area contributed by atoms with Gasteiger partial charge in [-0.2, -0.15) is 0 Å². The van der Waals surface area contributed by atoms with E-state index in [2.05, 4.69) is 15.3 Å². The highest BCUT2D eigenvalue weighted by Crippen LogP contribution is 2.13. The van der Waals surface area contributed by atoms with Crippen molar-refractivity contribution in [1.29, 1.82) is 0 Å². The molecule has 1 aliphatic rings. The van der Waals surface area contributed by atoms with E-state index in [1.807, 2.05) is 0 Å². The summed E-state index contributed by atoms with van der Waals surface area (Å²) in [6.07, 6.45) is 4.59. The topological polar surface area (TPSA) is 47.0 Å². The largest absolute Gasteiger partial charge is 0.381 e. The molecule has 0 amide bonds. The Balaban J connectivity index is 1.79. The summed E-state index contributed by atoms with van der Waals surface area (Å²) in [6.45, 7) is 2.43. The van der Waals surface area contributed by atoms with E-state index in [4.69, 9.17) is 4.74 Å². The van der Waals surface area contributed by atoms with Crippen LogP contribution in [-0.4, -0.2) is 29.7 Å². The van der Waals surface area contributed by atoms with E-state index in [0.717, 1.165) is 45.0 Å². The van der Waals surface area contributed by atoms with Crippen molar-refractivity contribution in [3.8, 4) is 0 Å². The summed E-state index contributed by atoms with van der Waals surface area (Å²) in [5.41, 5.74) is 0. The van der Waals surface area contributed by atoms with Gasteiger partial charge in [-0.3, -0.25) is 0 Å². The van der Waals surface area contributed by atoms with Crippen molar-refractivity contribution >= 4 is 5.95 Å². The lowest BCUT2D eigenvalue weighted by Crippen LogP contribution is -2.24. The second-order valence-corrected chi connectivity index (χ2v) is 3.69. The summed E-state index contributed by atoms with van der Waals surface area (Å²) in [4.78, 5) is 7.65. The van der Waals surface area contributed by atoms with Crippen LogP contribution in [0.3, 0.4) is 0 Å². The molecule has 1 aromatic rings. The lowest BCUT2D eigenvalue weighted by atomic mass is 10.0. The van der Waals surface area contributed by atoms with Gasteiger partial charge in [-0.1, -0.05) is 0 Å². The van der Waals surface area contributed by atoms with E-state index in [0.29, 0.717) is 11.9 Å². The number of halogens is 1. The average Bonchev–Trinajstić information content (AvgIpc) is 2.30. The second-order valence-electron chi connectivity index (χ2n) is 3.69. The Kier molecular flexibility index (Phi) is 3.45. The molecule has 1 aromatic heterocycles. The zero-order valence-electron chi connectivity index (χ0n) is 8.45. The van der Waals surface area contributed by atoms with E-state index < -0.39 is 5.82 Å². The van der Waals surface area contributed by atoms with Crippen molar-refractivity contribution in [2.24, 2.45) is 5.92 Å². The normalized spacial score (nSPS) is 21.3. The Morgan fingerprint density at radius 1 is 1.47 bits per heavy atom. The number of nitrogens with zero attached hydrogens (tertiary/aromatic N) is 2. The molecule has 0 aliphatic carbocycles. The molecule has 2 heterocycles. The van der Waals surface area contributed by atoms with E-state index in [9.17, 15) is 4.39 Å². The van der Waals surface area contributed by atoms with Crippen molar-refractivity contribution in [3.05, 3.63) is 18.2 Å². The lowest BCUT2D eigenvalue weighted by Gasteiger charge is -2.21. The zero-order chi connectivity index (χ0) is 10.5. The SMILES string of the molecule is Fc1cnc(NCC2CCCOC2)nc1. The predicted octanol–water partition coefficient (Wildman–Crippen LogP) is 1.45. The van der Waals surface area contributed by atoms with Crippen LogP contribution in [0.2, 0.25) is 0 Å². The first-order chi connectivity index (χ1) is 7.34. The van der Waals surface area contributed by atoms with Gasteiger partial charge in [0.2, 0.25) is 5.95 Å². The van der Waals surface area contributed by atoms with Crippen molar-refractivity contribution in [1.82, 2.24) is 9.97 Å². The van der Waals surface area contributed by atoms with E-state index in [1.54, 1.807) is 0 Å². The first-order valence-electron chi connectivity index (χ1n) is 5.14. The number of nitrogens with one attached hydrogen (secondary N) is 1. The molecule has 1 unspecified atom stereocenters. The highest BCUT2D eigenvalue weighted by Gasteiger charge is 2.13. The fraction of sp³-hybridized carbons (Fsp3) is 0.600. The van der Waals surface area contributed by atoms with E-state index in [-0.39, 0.29) is 0 Å². The van der Waals surface area contributed by atoms with Crippen molar-refractivity contribution < 1.29 is 9.13 Å². The molecular weight excluding hydrogens is 197 g/mol. The molecular formula is C10H14FN3O. The number of aromatic nitrogens is 2. The lowest BCUT2D eigenvalue weighted by molar-refractivity contribution is 0.0594. The number of rotatable bonds is 3. The molecule has 1 fully saturated rings. The Bertz CT molecular complexity index is 298. The third-order valence-electron chi connectivity index (χ3n) is 2.42. The van der Waals surface area contributed by atoms with Gasteiger partial charge in [0.1, 0.15) is 0 Å². The molecule has 0 saturated carbocycles. The molecule has 1 saturated heterocycles. The maximum atomic E-state index is 12.5. The Hall–Kier alpha value is -1.23. The fourth-order valence-electron chi connectivity index (χ4n) is 1.61. The van der Waals surface area contributed by atoms with Crippen LogP contribution in [0.15, 0.2) is 12.4 Å². The van der Waals surface area contributed by atoms with Crippen LogP contribution >= 0.6 is 0 Å². The molecule has 0 radical (unpaired) electrons. The molecule has 82 valence electrons. The minimum absolute atomic E-state index is 0.415. The van der Waals surface area contributed by atoms with Crippen LogP contribution in [0, 0.1) is 11.7 Å². The molecule has 1 aliphatic heterocycles. The highest BCUT2D eigenvalue weighted by atomic mass is 19.1. The smallest absolute Gasteiger partial charge is 0.222 e. The predicted molar refractivity (Wildman–Crippen MR) is 54.0 cm³/mol. The third-order valence-corrected chi connectivity index (χ3v) is 2.42. The van der Waals surface area contributed by atoms with Crippen LogP contribution in [0.5, 0.6) is 0 Å². The van der Waals surface area contributed by atoms with Gasteiger partial charge < -0.3 is 10.1 Å². The van der Waals surface area contributed by atoms with Gasteiger partial charge in [-0.05, 0) is 18.8 Å². The first kappa shape index (κ1) is 10.3. The molecule has 0 spiro atoms. The molecule has 1 atom stereocenters. The summed E-state index contributed by atoms with van der Waals surface area (Å²) < 4.78 is 17.9. The van der Waals surface area contributed by atoms with Gasteiger partial charge in [0.05, 0.1) is 19.0 Å². The average molecular weight is 211 g/mol. The molecule has 4 nitrogen and oxygen atoms in total. The third kappa shape index (κ3) is 3.13. The Morgan fingerprint density at radius 2 is 2.27 bits per heavy atom. The summed E-state index contributed by atoms with van der Waals surface area (Å²) in [6, 6.07) is 0. The maximum absolute atomic E-state index is 12.5. The zero-order valence-corrected chi connectivity index (χ0v) is 8.45. The van der Waals surface area contributed by atoms with Crippen LogP contribution in [0.25, 0.3) is 0 Å². The second kappa shape index (κ2) is 5.02. The number of hydrogen-bond donors (Lipinski definition) is 1. The number of hydrogen-bond acceptors (Lipinski definition) is 4. The van der Waals surface area contributed by atoms with Gasteiger partial charge >= 0.3 is 0 Å². The van der Waals surface area contributed by atoms with E-state index >= 15 is 0 Å². The van der Waals surface area contributed by atoms with Crippen molar-refractivity contribution in [3.63, 3.8) is 0 Å². The number of anilines is 1. The van der Waals surface area contributed by atoms with Crippen LogP contribution in [0.4, 0.5) is 10.3 Å². The van der Waals surface area contributed by atoms with Gasteiger partial charge in [-0.25, -0.2) is 14.4 Å². The Morgan fingerprint density at radius 3 is 2.93 bits per heavy atom. The molecule has 5 heteroatoms. The monoisotopic (exact) mass is 211 g/mol. The summed E-state index contributed by atoms with van der Waals surface area (Å²) in [7, 11) is 0. The van der Waals surface area contributed by atoms with Gasteiger partial charge in [0.25, 0.3) is 0 Å². The maximum Gasteiger partial charge on any atom is 0.222 e. The molecule has 0 bridgehead atoms. The van der Waals surface area contributed by atoms with Crippen molar-refractivity contribution in [2.75, 3.05) is 25.1 Å². The minimum Gasteiger partial charge on any atom is -0.381 e. The fourth-order valence-corrected chi connectivity index (χ4v) is 1.61. The van der Waals surface area contributed by atoms with Gasteiger partial charge in [0, 0.05) is 13.2 Å². The number of ether oxygens (including phenoxy) is 1. The van der Waals surface area contributed by atoms with Crippen LogP contribution in [0.1, 0.15) is 12.8 Å². The first-order valence-corrected chi connectivity index (χ1v) is 5.14. The molecule has 1 N–H and O–H groups in total. The summed E-state index contributed by atoms with van der Waals surface area (Å²) in [5.74, 6) is 0.566. The molecule has 0 aromatic carbocycles. The Labute approximate surface area is 87.9 Å². The summed E-state index contributed by atoms with van der Waals surface area (Å²) >= 11 is 0. The van der Waals surface area contributed by atoms with Gasteiger partial charge in [0.15, 0.2) is 5.82 Å². The van der Waals surface area contributed by atoms with E-state index in [1.165, 1.54) is 0 Å². The summed E-state index contributed by atoms with van der Waals surface area (Å²) in [5, 5.41) is 3.07. The quantitative estimate of drug-likeness (QED) is 0.822. The van der Waals surface area contributed by atoms with Crippen LogP contribution in [-0.2, 0) is 4.74 Å². The molecule has 2 rings (SSSR count). The minimum atomic E-state index is -0.415.